The van der Waals surface area contributed by atoms with E-state index in [4.69, 9.17) is 5.11 Å². The summed E-state index contributed by atoms with van der Waals surface area (Å²) in [5.41, 5.74) is -0.208. The molecule has 2 N–H and O–H groups in total. The summed E-state index contributed by atoms with van der Waals surface area (Å²) in [6, 6.07) is 3.60. The quantitative estimate of drug-likeness (QED) is 0.877. The Bertz CT molecular complexity index is 529. The van der Waals surface area contributed by atoms with Crippen LogP contribution in [0, 0.1) is 0 Å². The van der Waals surface area contributed by atoms with Gasteiger partial charge in [-0.05, 0) is 24.6 Å². The summed E-state index contributed by atoms with van der Waals surface area (Å²) < 4.78 is 37.5. The summed E-state index contributed by atoms with van der Waals surface area (Å²) >= 11 is 0. The van der Waals surface area contributed by atoms with Crippen molar-refractivity contribution in [2.45, 2.75) is 25.6 Å². The maximum Gasteiger partial charge on any atom is 0.416 e. The molecule has 1 rings (SSSR count). The second kappa shape index (κ2) is 7.15. The van der Waals surface area contributed by atoms with E-state index in [1.54, 1.807) is 6.92 Å². The predicted octanol–water partition coefficient (Wildman–Crippen LogP) is 2.88. The van der Waals surface area contributed by atoms with Crippen molar-refractivity contribution >= 4 is 12.0 Å². The van der Waals surface area contributed by atoms with Crippen molar-refractivity contribution in [1.82, 2.24) is 10.2 Å². The van der Waals surface area contributed by atoms with Crippen LogP contribution in [0.4, 0.5) is 18.0 Å². The van der Waals surface area contributed by atoms with Crippen molar-refractivity contribution in [1.29, 1.82) is 0 Å². The lowest BCUT2D eigenvalue weighted by Gasteiger charge is -2.25. The number of carbonyl (C=O) groups excluding carboxylic acids is 1. The Balaban J connectivity index is 2.68. The number of amides is 2. The van der Waals surface area contributed by atoms with Crippen LogP contribution in [0.15, 0.2) is 24.3 Å². The van der Waals surface area contributed by atoms with Crippen LogP contribution in [0.2, 0.25) is 0 Å². The topological polar surface area (TPSA) is 69.6 Å². The number of carbonyl (C=O) groups is 2. The van der Waals surface area contributed by atoms with Gasteiger partial charge in [-0.15, -0.1) is 0 Å². The normalized spacial score (nSPS) is 12.6. The number of urea groups is 1. The zero-order valence-corrected chi connectivity index (χ0v) is 12.1. The van der Waals surface area contributed by atoms with Gasteiger partial charge in [0.2, 0.25) is 0 Å². The van der Waals surface area contributed by atoms with Crippen LogP contribution in [0.1, 0.15) is 30.5 Å². The maximum atomic E-state index is 12.5. The zero-order valence-electron chi connectivity index (χ0n) is 12.1. The highest BCUT2D eigenvalue weighted by molar-refractivity contribution is 5.75. The van der Waals surface area contributed by atoms with Gasteiger partial charge in [0, 0.05) is 13.6 Å². The first-order chi connectivity index (χ1) is 10.1. The number of aliphatic carboxylic acids is 1. The Kier molecular flexibility index (Phi) is 5.78. The lowest BCUT2D eigenvalue weighted by Crippen LogP contribution is -2.39. The Hall–Kier alpha value is -2.25. The molecule has 5 nitrogen and oxygen atoms in total. The number of nitrogens with one attached hydrogen (secondary N) is 1. The van der Waals surface area contributed by atoms with E-state index in [9.17, 15) is 22.8 Å². The predicted molar refractivity (Wildman–Crippen MR) is 73.3 cm³/mol. The number of alkyl halides is 3. The van der Waals surface area contributed by atoms with E-state index < -0.39 is 29.8 Å². The highest BCUT2D eigenvalue weighted by Crippen LogP contribution is 2.30. The molecule has 0 heterocycles. The van der Waals surface area contributed by atoms with Crippen molar-refractivity contribution < 1.29 is 27.9 Å². The molecule has 0 aliphatic rings. The minimum Gasteiger partial charge on any atom is -0.481 e. The number of carboxylic acid groups (broad SMARTS) is 1. The number of halogens is 3. The molecular weight excluding hydrogens is 301 g/mol. The molecule has 0 aromatic heterocycles. The van der Waals surface area contributed by atoms with E-state index >= 15 is 0 Å². The average molecular weight is 318 g/mol. The van der Waals surface area contributed by atoms with Crippen LogP contribution < -0.4 is 5.32 Å². The molecule has 0 bridgehead atoms. The summed E-state index contributed by atoms with van der Waals surface area (Å²) in [6.45, 7) is 1.65. The van der Waals surface area contributed by atoms with Gasteiger partial charge in [0.1, 0.15) is 0 Å². The molecule has 0 aliphatic heterocycles. The molecule has 122 valence electrons. The van der Waals surface area contributed by atoms with E-state index in [1.165, 1.54) is 24.1 Å². The summed E-state index contributed by atoms with van der Waals surface area (Å²) in [7, 11) is 1.48. The van der Waals surface area contributed by atoms with Crippen molar-refractivity contribution in [2.24, 2.45) is 0 Å². The van der Waals surface area contributed by atoms with E-state index in [0.29, 0.717) is 5.56 Å². The van der Waals surface area contributed by atoms with Crippen LogP contribution in [-0.4, -0.2) is 35.6 Å². The number of hydrogen-bond donors (Lipinski definition) is 2. The molecule has 1 aromatic rings. The monoisotopic (exact) mass is 318 g/mol. The van der Waals surface area contributed by atoms with Crippen LogP contribution in [0.5, 0.6) is 0 Å². The standard InChI is InChI=1S/C14H17F3N2O3/c1-9(19(2)13(22)18-8-7-12(20)21)10-3-5-11(6-4-10)14(15,16)17/h3-6,9H,7-8H2,1-2H3,(H,18,22)(H,20,21). The van der Waals surface area contributed by atoms with Gasteiger partial charge in [-0.2, -0.15) is 13.2 Å². The van der Waals surface area contributed by atoms with Crippen molar-refractivity contribution in [3.63, 3.8) is 0 Å². The second-order valence-electron chi connectivity index (χ2n) is 4.78. The molecular formula is C14H17F3N2O3. The Labute approximate surface area is 125 Å². The first-order valence-corrected chi connectivity index (χ1v) is 6.52. The average Bonchev–Trinajstić information content (AvgIpc) is 2.44. The van der Waals surface area contributed by atoms with Gasteiger partial charge in [-0.3, -0.25) is 4.79 Å². The third-order valence-corrected chi connectivity index (χ3v) is 3.24. The van der Waals surface area contributed by atoms with E-state index in [-0.39, 0.29) is 13.0 Å². The fourth-order valence-corrected chi connectivity index (χ4v) is 1.75. The highest BCUT2D eigenvalue weighted by atomic mass is 19.4. The largest absolute Gasteiger partial charge is 0.481 e. The van der Waals surface area contributed by atoms with Gasteiger partial charge < -0.3 is 15.3 Å². The SMILES string of the molecule is CC(c1ccc(C(F)(F)F)cc1)N(C)C(=O)NCCC(=O)O. The van der Waals surface area contributed by atoms with Crippen molar-refractivity contribution in [2.75, 3.05) is 13.6 Å². The van der Waals surface area contributed by atoms with Crippen LogP contribution in [-0.2, 0) is 11.0 Å². The van der Waals surface area contributed by atoms with Gasteiger partial charge in [-0.1, -0.05) is 12.1 Å². The van der Waals surface area contributed by atoms with E-state index in [1.807, 2.05) is 0 Å². The second-order valence-corrected chi connectivity index (χ2v) is 4.78. The molecule has 0 saturated heterocycles. The third kappa shape index (κ3) is 4.94. The molecule has 2 amide bonds. The number of benzene rings is 1. The fraction of sp³-hybridized carbons (Fsp3) is 0.429. The van der Waals surface area contributed by atoms with E-state index in [0.717, 1.165) is 12.1 Å². The van der Waals surface area contributed by atoms with Crippen molar-refractivity contribution in [3.05, 3.63) is 35.4 Å². The number of rotatable bonds is 5. The molecule has 22 heavy (non-hydrogen) atoms. The van der Waals surface area contributed by atoms with Gasteiger partial charge in [0.05, 0.1) is 18.0 Å². The molecule has 1 unspecified atom stereocenters. The zero-order chi connectivity index (χ0) is 16.9. The summed E-state index contributed by atoms with van der Waals surface area (Å²) in [5.74, 6) is -1.03. The fourth-order valence-electron chi connectivity index (χ4n) is 1.75. The number of nitrogens with zero attached hydrogens (tertiary/aromatic N) is 1. The molecule has 1 aromatic carbocycles. The first-order valence-electron chi connectivity index (χ1n) is 6.52. The van der Waals surface area contributed by atoms with E-state index in [2.05, 4.69) is 5.32 Å². The molecule has 8 heteroatoms. The van der Waals surface area contributed by atoms with Gasteiger partial charge in [0.25, 0.3) is 0 Å². The van der Waals surface area contributed by atoms with Crippen molar-refractivity contribution in [3.8, 4) is 0 Å². The molecule has 0 aliphatic carbocycles. The number of hydrogen-bond acceptors (Lipinski definition) is 2. The third-order valence-electron chi connectivity index (χ3n) is 3.24. The lowest BCUT2D eigenvalue weighted by molar-refractivity contribution is -0.138. The van der Waals surface area contributed by atoms with Gasteiger partial charge in [0.15, 0.2) is 0 Å². The minimum absolute atomic E-state index is 0.0156. The number of carboxylic acids is 1. The smallest absolute Gasteiger partial charge is 0.416 e. The lowest BCUT2D eigenvalue weighted by atomic mass is 10.1. The van der Waals surface area contributed by atoms with Crippen LogP contribution in [0.25, 0.3) is 0 Å². The molecule has 0 fully saturated rings. The van der Waals surface area contributed by atoms with Crippen LogP contribution in [0.3, 0.4) is 0 Å². The molecule has 0 spiro atoms. The molecule has 0 saturated carbocycles. The maximum absolute atomic E-state index is 12.5. The molecule has 0 radical (unpaired) electrons. The molecule has 1 atom stereocenters. The Morgan fingerprint density at radius 3 is 2.27 bits per heavy atom. The van der Waals surface area contributed by atoms with Gasteiger partial charge >= 0.3 is 18.2 Å². The van der Waals surface area contributed by atoms with Crippen LogP contribution >= 0.6 is 0 Å². The Morgan fingerprint density at radius 1 is 1.27 bits per heavy atom. The highest BCUT2D eigenvalue weighted by Gasteiger charge is 2.30. The summed E-state index contributed by atoms with van der Waals surface area (Å²) in [4.78, 5) is 23.5. The Morgan fingerprint density at radius 2 is 1.82 bits per heavy atom. The summed E-state index contributed by atoms with van der Waals surface area (Å²) in [6.07, 6.45) is -4.60. The summed E-state index contributed by atoms with van der Waals surface area (Å²) in [5, 5.41) is 10.9. The van der Waals surface area contributed by atoms with Gasteiger partial charge in [-0.25, -0.2) is 4.79 Å². The minimum atomic E-state index is -4.40. The first kappa shape index (κ1) is 17.8.